The van der Waals surface area contributed by atoms with Crippen LogP contribution < -0.4 is 5.73 Å². The van der Waals surface area contributed by atoms with Crippen LogP contribution in [0.2, 0.25) is 0 Å². The van der Waals surface area contributed by atoms with Crippen LogP contribution in [-0.2, 0) is 4.79 Å². The van der Waals surface area contributed by atoms with E-state index >= 15 is 0 Å². The van der Waals surface area contributed by atoms with Crippen LogP contribution in [0.1, 0.15) is 31.4 Å². The molecule has 1 aromatic carbocycles. The molecule has 1 saturated heterocycles. The molecule has 1 aromatic rings. The molecular weight excluding hydrogens is 269 g/mol. The second kappa shape index (κ2) is 6.54. The van der Waals surface area contributed by atoms with Gasteiger partial charge in [-0.1, -0.05) is 12.1 Å². The minimum Gasteiger partial charge on any atom is -0.347 e. The van der Waals surface area contributed by atoms with Gasteiger partial charge in [-0.25, -0.2) is 4.39 Å². The first-order valence-electron chi connectivity index (χ1n) is 7.39. The number of likely N-dealkylation sites (N-methyl/N-ethyl adjacent to an activating group) is 1. The number of benzene rings is 1. The number of carbonyl (C=O) groups is 1. The molecule has 4 nitrogen and oxygen atoms in total. The Hall–Kier alpha value is -1.46. The molecule has 0 radical (unpaired) electrons. The number of hydrogen-bond donors (Lipinski definition) is 1. The lowest BCUT2D eigenvalue weighted by molar-refractivity contribution is -0.134. The molecule has 5 heteroatoms. The molecular formula is C16H24FN3O. The van der Waals surface area contributed by atoms with Gasteiger partial charge in [0.2, 0.25) is 5.91 Å². The highest BCUT2D eigenvalue weighted by Crippen LogP contribution is 2.32. The van der Waals surface area contributed by atoms with E-state index in [2.05, 4.69) is 4.90 Å². The van der Waals surface area contributed by atoms with Crippen LogP contribution in [-0.4, -0.2) is 48.4 Å². The highest BCUT2D eigenvalue weighted by atomic mass is 19.1. The van der Waals surface area contributed by atoms with Crippen molar-refractivity contribution in [3.8, 4) is 0 Å². The van der Waals surface area contributed by atoms with Gasteiger partial charge in [-0.2, -0.15) is 0 Å². The normalized spacial score (nSPS) is 22.0. The van der Waals surface area contributed by atoms with Gasteiger partial charge in [0.15, 0.2) is 0 Å². The number of amides is 1. The molecule has 21 heavy (non-hydrogen) atoms. The molecule has 0 aliphatic carbocycles. The lowest BCUT2D eigenvalue weighted by Crippen LogP contribution is -2.48. The summed E-state index contributed by atoms with van der Waals surface area (Å²) in [5.41, 5.74) is 7.13. The van der Waals surface area contributed by atoms with Crippen molar-refractivity contribution < 1.29 is 9.18 Å². The number of carbonyl (C=O) groups excluding carboxylic acids is 1. The number of rotatable bonds is 4. The molecule has 0 aromatic heterocycles. The van der Waals surface area contributed by atoms with E-state index in [-0.39, 0.29) is 29.8 Å². The Morgan fingerprint density at radius 2 is 2.00 bits per heavy atom. The van der Waals surface area contributed by atoms with Crippen LogP contribution in [0.3, 0.4) is 0 Å². The standard InChI is InChI=1S/C16H24FN3O/c1-11(18)15(12-6-8-13(17)9-7-12)20-10-4-5-14(20)16(21)19(2)3/h6-9,11,14-15H,4-5,10,18H2,1-3H3. The van der Waals surface area contributed by atoms with Gasteiger partial charge < -0.3 is 10.6 Å². The summed E-state index contributed by atoms with van der Waals surface area (Å²) in [6.07, 6.45) is 1.83. The molecule has 0 bridgehead atoms. The van der Waals surface area contributed by atoms with Crippen molar-refractivity contribution in [3.63, 3.8) is 0 Å². The van der Waals surface area contributed by atoms with Gasteiger partial charge in [-0.05, 0) is 44.0 Å². The lowest BCUT2D eigenvalue weighted by atomic mass is 9.98. The molecule has 1 aliphatic rings. The Labute approximate surface area is 125 Å². The molecule has 1 heterocycles. The minimum atomic E-state index is -0.260. The molecule has 116 valence electrons. The number of likely N-dealkylation sites (tertiary alicyclic amines) is 1. The van der Waals surface area contributed by atoms with Crippen molar-refractivity contribution in [2.24, 2.45) is 5.73 Å². The van der Waals surface area contributed by atoms with Gasteiger partial charge >= 0.3 is 0 Å². The largest absolute Gasteiger partial charge is 0.347 e. The quantitative estimate of drug-likeness (QED) is 0.920. The fourth-order valence-electron chi connectivity index (χ4n) is 3.14. The Morgan fingerprint density at radius 1 is 1.38 bits per heavy atom. The van der Waals surface area contributed by atoms with Gasteiger partial charge in [-0.3, -0.25) is 9.69 Å². The van der Waals surface area contributed by atoms with E-state index in [1.54, 1.807) is 31.1 Å². The first-order chi connectivity index (χ1) is 9.91. The van der Waals surface area contributed by atoms with Crippen molar-refractivity contribution in [1.82, 2.24) is 9.80 Å². The lowest BCUT2D eigenvalue weighted by Gasteiger charge is -2.36. The zero-order chi connectivity index (χ0) is 15.6. The van der Waals surface area contributed by atoms with Crippen molar-refractivity contribution in [2.75, 3.05) is 20.6 Å². The van der Waals surface area contributed by atoms with Crippen LogP contribution in [0.5, 0.6) is 0 Å². The fraction of sp³-hybridized carbons (Fsp3) is 0.562. The van der Waals surface area contributed by atoms with Crippen molar-refractivity contribution in [2.45, 2.75) is 37.9 Å². The monoisotopic (exact) mass is 293 g/mol. The van der Waals surface area contributed by atoms with E-state index in [1.807, 2.05) is 6.92 Å². The summed E-state index contributed by atoms with van der Waals surface area (Å²) in [5, 5.41) is 0. The molecule has 0 spiro atoms. The minimum absolute atomic E-state index is 0.0676. The van der Waals surface area contributed by atoms with E-state index < -0.39 is 0 Å². The van der Waals surface area contributed by atoms with Gasteiger partial charge in [0.05, 0.1) is 12.1 Å². The van der Waals surface area contributed by atoms with E-state index in [0.717, 1.165) is 24.9 Å². The fourth-order valence-corrected chi connectivity index (χ4v) is 3.14. The van der Waals surface area contributed by atoms with E-state index in [9.17, 15) is 9.18 Å². The van der Waals surface area contributed by atoms with Crippen molar-refractivity contribution in [3.05, 3.63) is 35.6 Å². The van der Waals surface area contributed by atoms with Crippen LogP contribution in [0.4, 0.5) is 4.39 Å². The summed E-state index contributed by atoms with van der Waals surface area (Å²) >= 11 is 0. The SMILES string of the molecule is CC(N)C(c1ccc(F)cc1)N1CCCC1C(=O)N(C)C. The molecule has 2 rings (SSSR count). The van der Waals surface area contributed by atoms with Crippen LogP contribution in [0, 0.1) is 5.82 Å². The zero-order valence-corrected chi connectivity index (χ0v) is 12.9. The third-order valence-electron chi connectivity index (χ3n) is 4.09. The van der Waals surface area contributed by atoms with Gasteiger partial charge in [0, 0.05) is 20.1 Å². The molecule has 0 saturated carbocycles. The molecule has 3 unspecified atom stereocenters. The van der Waals surface area contributed by atoms with E-state index in [0.29, 0.717) is 0 Å². The summed E-state index contributed by atoms with van der Waals surface area (Å²) in [5.74, 6) is -0.148. The van der Waals surface area contributed by atoms with E-state index in [4.69, 9.17) is 5.73 Å². The maximum atomic E-state index is 13.1. The predicted octanol–water partition coefficient (Wildman–Crippen LogP) is 1.77. The first-order valence-corrected chi connectivity index (χ1v) is 7.39. The summed E-state index contributed by atoms with van der Waals surface area (Å²) < 4.78 is 13.1. The average molecular weight is 293 g/mol. The van der Waals surface area contributed by atoms with Crippen molar-refractivity contribution >= 4 is 5.91 Å². The zero-order valence-electron chi connectivity index (χ0n) is 12.9. The third-order valence-corrected chi connectivity index (χ3v) is 4.09. The molecule has 3 atom stereocenters. The molecule has 2 N–H and O–H groups in total. The average Bonchev–Trinajstić information content (AvgIpc) is 2.88. The van der Waals surface area contributed by atoms with Crippen LogP contribution in [0.25, 0.3) is 0 Å². The number of hydrogen-bond acceptors (Lipinski definition) is 3. The summed E-state index contributed by atoms with van der Waals surface area (Å²) in [4.78, 5) is 16.1. The second-order valence-corrected chi connectivity index (χ2v) is 5.98. The maximum absolute atomic E-state index is 13.1. The Balaban J connectivity index is 2.29. The topological polar surface area (TPSA) is 49.6 Å². The van der Waals surface area contributed by atoms with Crippen LogP contribution >= 0.6 is 0 Å². The van der Waals surface area contributed by atoms with E-state index in [1.165, 1.54) is 12.1 Å². The maximum Gasteiger partial charge on any atom is 0.239 e. The highest BCUT2D eigenvalue weighted by molar-refractivity contribution is 5.81. The summed E-state index contributed by atoms with van der Waals surface area (Å²) in [6, 6.07) is 6.08. The van der Waals surface area contributed by atoms with Gasteiger partial charge in [0.25, 0.3) is 0 Å². The van der Waals surface area contributed by atoms with Gasteiger partial charge in [-0.15, -0.1) is 0 Å². The van der Waals surface area contributed by atoms with Crippen LogP contribution in [0.15, 0.2) is 24.3 Å². The van der Waals surface area contributed by atoms with Crippen molar-refractivity contribution in [1.29, 1.82) is 0 Å². The molecule has 1 aliphatic heterocycles. The number of nitrogens with two attached hydrogens (primary N) is 1. The first kappa shape index (κ1) is 15.9. The summed E-state index contributed by atoms with van der Waals surface area (Å²) in [6.45, 7) is 2.78. The van der Waals surface area contributed by atoms with Gasteiger partial charge in [0.1, 0.15) is 5.82 Å². The second-order valence-electron chi connectivity index (χ2n) is 5.98. The third kappa shape index (κ3) is 3.41. The number of halogens is 1. The molecule has 1 amide bonds. The Morgan fingerprint density at radius 3 is 2.52 bits per heavy atom. The Kier molecular flexibility index (Phi) is 4.96. The Bertz CT molecular complexity index is 487. The molecule has 1 fully saturated rings. The summed E-state index contributed by atoms with van der Waals surface area (Å²) in [7, 11) is 3.55. The number of nitrogens with zero attached hydrogens (tertiary/aromatic N) is 2. The smallest absolute Gasteiger partial charge is 0.239 e. The predicted molar refractivity (Wildman–Crippen MR) is 81.2 cm³/mol. The highest BCUT2D eigenvalue weighted by Gasteiger charge is 2.38.